The van der Waals surface area contributed by atoms with Crippen molar-refractivity contribution in [2.24, 2.45) is 0 Å². The van der Waals surface area contributed by atoms with Crippen molar-refractivity contribution in [3.8, 4) is 0 Å². The number of nitrogens with one attached hydrogen (secondary N) is 3. The number of anilines is 1. The number of urea groups is 1. The number of amides is 3. The highest BCUT2D eigenvalue weighted by Crippen LogP contribution is 2.17. The van der Waals surface area contributed by atoms with E-state index in [4.69, 9.17) is 5.11 Å². The van der Waals surface area contributed by atoms with Gasteiger partial charge in [-0.25, -0.2) is 4.79 Å². The van der Waals surface area contributed by atoms with Gasteiger partial charge in [-0.05, 0) is 37.0 Å². The van der Waals surface area contributed by atoms with Crippen molar-refractivity contribution in [3.63, 3.8) is 0 Å². The van der Waals surface area contributed by atoms with Gasteiger partial charge in [-0.1, -0.05) is 31.4 Å². The molecule has 1 aliphatic carbocycles. The van der Waals surface area contributed by atoms with Gasteiger partial charge in [0.25, 0.3) is 0 Å². The van der Waals surface area contributed by atoms with E-state index in [2.05, 4.69) is 16.0 Å². The number of carbonyl (C=O) groups is 3. The van der Waals surface area contributed by atoms with Gasteiger partial charge in [0.1, 0.15) is 0 Å². The standard InChI is InChI=1S/C19H27N3O4/c23-17(21-16-9-4-6-14(12-16)13-18(24)25)10-5-11-20-19(26)22-15-7-2-1-3-8-15/h4,6,9,12,15H,1-3,5,7-8,10-11,13H2,(H,21,23)(H,24,25)(H2,20,22,26). The fourth-order valence-corrected chi connectivity index (χ4v) is 3.09. The minimum atomic E-state index is -0.911. The maximum atomic E-state index is 12.0. The molecule has 0 unspecified atom stereocenters. The summed E-state index contributed by atoms with van der Waals surface area (Å²) in [6, 6.07) is 6.90. The second-order valence-corrected chi connectivity index (χ2v) is 6.66. The van der Waals surface area contributed by atoms with Gasteiger partial charge in [0.05, 0.1) is 6.42 Å². The fourth-order valence-electron chi connectivity index (χ4n) is 3.09. The minimum absolute atomic E-state index is 0.0796. The topological polar surface area (TPSA) is 108 Å². The molecular weight excluding hydrogens is 334 g/mol. The Kier molecular flexibility index (Phi) is 7.92. The fraction of sp³-hybridized carbons (Fsp3) is 0.526. The van der Waals surface area contributed by atoms with Gasteiger partial charge in [-0.3, -0.25) is 9.59 Å². The Balaban J connectivity index is 1.62. The second-order valence-electron chi connectivity index (χ2n) is 6.66. The molecule has 0 heterocycles. The average molecular weight is 361 g/mol. The molecule has 7 heteroatoms. The molecule has 1 fully saturated rings. The first-order chi connectivity index (χ1) is 12.5. The summed E-state index contributed by atoms with van der Waals surface area (Å²) in [7, 11) is 0. The van der Waals surface area contributed by atoms with Crippen molar-refractivity contribution in [1.29, 1.82) is 0 Å². The van der Waals surface area contributed by atoms with E-state index in [-0.39, 0.29) is 30.8 Å². The van der Waals surface area contributed by atoms with Crippen molar-refractivity contribution in [2.45, 2.75) is 57.4 Å². The molecule has 7 nitrogen and oxygen atoms in total. The van der Waals surface area contributed by atoms with Crippen LogP contribution in [-0.2, 0) is 16.0 Å². The third kappa shape index (κ3) is 7.55. The summed E-state index contributed by atoms with van der Waals surface area (Å²) in [4.78, 5) is 34.5. The molecule has 1 saturated carbocycles. The predicted octanol–water partition coefficient (Wildman–Crippen LogP) is 2.66. The number of rotatable bonds is 8. The Labute approximate surface area is 153 Å². The molecular formula is C19H27N3O4. The van der Waals surface area contributed by atoms with E-state index in [0.717, 1.165) is 12.8 Å². The van der Waals surface area contributed by atoms with Gasteiger partial charge >= 0.3 is 12.0 Å². The van der Waals surface area contributed by atoms with Crippen LogP contribution in [0.5, 0.6) is 0 Å². The molecule has 4 N–H and O–H groups in total. The summed E-state index contributed by atoms with van der Waals surface area (Å²) in [5.41, 5.74) is 1.22. The Hall–Kier alpha value is -2.57. The lowest BCUT2D eigenvalue weighted by Crippen LogP contribution is -2.43. The van der Waals surface area contributed by atoms with Crippen LogP contribution in [0.1, 0.15) is 50.5 Å². The van der Waals surface area contributed by atoms with Gasteiger partial charge in [-0.15, -0.1) is 0 Å². The number of carboxylic acids is 1. The van der Waals surface area contributed by atoms with E-state index < -0.39 is 5.97 Å². The second kappa shape index (κ2) is 10.4. The van der Waals surface area contributed by atoms with E-state index in [1.54, 1.807) is 24.3 Å². The molecule has 0 radical (unpaired) electrons. The average Bonchev–Trinajstić information content (AvgIpc) is 2.59. The number of benzene rings is 1. The highest BCUT2D eigenvalue weighted by Gasteiger charge is 2.15. The number of carbonyl (C=O) groups excluding carboxylic acids is 2. The van der Waals surface area contributed by atoms with Crippen molar-refractivity contribution in [2.75, 3.05) is 11.9 Å². The molecule has 2 rings (SSSR count). The van der Waals surface area contributed by atoms with Crippen LogP contribution in [0.2, 0.25) is 0 Å². The molecule has 0 saturated heterocycles. The van der Waals surface area contributed by atoms with Crippen molar-refractivity contribution in [3.05, 3.63) is 29.8 Å². The van der Waals surface area contributed by atoms with Crippen LogP contribution < -0.4 is 16.0 Å². The van der Waals surface area contributed by atoms with Crippen LogP contribution in [0.4, 0.5) is 10.5 Å². The van der Waals surface area contributed by atoms with E-state index in [9.17, 15) is 14.4 Å². The zero-order chi connectivity index (χ0) is 18.8. The third-order valence-electron chi connectivity index (χ3n) is 4.37. The lowest BCUT2D eigenvalue weighted by atomic mass is 9.96. The quantitative estimate of drug-likeness (QED) is 0.534. The molecule has 0 aromatic heterocycles. The summed E-state index contributed by atoms with van der Waals surface area (Å²) in [6.45, 7) is 0.436. The molecule has 3 amide bonds. The number of hydrogen-bond acceptors (Lipinski definition) is 3. The Morgan fingerprint density at radius 3 is 2.62 bits per heavy atom. The molecule has 1 aromatic carbocycles. The van der Waals surface area contributed by atoms with Gasteiger partial charge in [0, 0.05) is 24.7 Å². The lowest BCUT2D eigenvalue weighted by molar-refractivity contribution is -0.136. The molecule has 1 aromatic rings. The first-order valence-corrected chi connectivity index (χ1v) is 9.18. The summed E-state index contributed by atoms with van der Waals surface area (Å²) < 4.78 is 0. The van der Waals surface area contributed by atoms with Crippen molar-refractivity contribution < 1.29 is 19.5 Å². The van der Waals surface area contributed by atoms with Crippen LogP contribution in [0.25, 0.3) is 0 Å². The molecule has 0 spiro atoms. The van der Waals surface area contributed by atoms with E-state index in [1.165, 1.54) is 19.3 Å². The van der Waals surface area contributed by atoms with Crippen LogP contribution in [-0.4, -0.2) is 35.6 Å². The van der Waals surface area contributed by atoms with Gasteiger partial charge in [-0.2, -0.15) is 0 Å². The van der Waals surface area contributed by atoms with Gasteiger partial charge < -0.3 is 21.1 Å². The molecule has 26 heavy (non-hydrogen) atoms. The highest BCUT2D eigenvalue weighted by molar-refractivity contribution is 5.90. The van der Waals surface area contributed by atoms with Crippen molar-refractivity contribution in [1.82, 2.24) is 10.6 Å². The Morgan fingerprint density at radius 2 is 1.88 bits per heavy atom. The van der Waals surface area contributed by atoms with E-state index in [0.29, 0.717) is 24.2 Å². The first kappa shape index (κ1) is 19.8. The van der Waals surface area contributed by atoms with Crippen LogP contribution >= 0.6 is 0 Å². The minimum Gasteiger partial charge on any atom is -0.481 e. The lowest BCUT2D eigenvalue weighted by Gasteiger charge is -2.22. The van der Waals surface area contributed by atoms with Crippen LogP contribution in [0, 0.1) is 0 Å². The molecule has 0 atom stereocenters. The Morgan fingerprint density at radius 1 is 1.12 bits per heavy atom. The smallest absolute Gasteiger partial charge is 0.315 e. The summed E-state index contributed by atoms with van der Waals surface area (Å²) in [6.07, 6.45) is 6.40. The zero-order valence-electron chi connectivity index (χ0n) is 14.9. The number of aliphatic carboxylic acids is 1. The summed E-state index contributed by atoms with van der Waals surface area (Å²) in [5, 5.41) is 17.3. The van der Waals surface area contributed by atoms with Crippen molar-refractivity contribution >= 4 is 23.6 Å². The van der Waals surface area contributed by atoms with Gasteiger partial charge in [0.2, 0.25) is 5.91 Å². The number of hydrogen-bond donors (Lipinski definition) is 4. The zero-order valence-corrected chi connectivity index (χ0v) is 14.9. The predicted molar refractivity (Wildman–Crippen MR) is 99.1 cm³/mol. The molecule has 1 aliphatic rings. The normalized spacial score (nSPS) is 14.5. The summed E-state index contributed by atoms with van der Waals surface area (Å²) in [5.74, 6) is -1.07. The number of carboxylic acid groups (broad SMARTS) is 1. The molecule has 0 bridgehead atoms. The maximum Gasteiger partial charge on any atom is 0.315 e. The van der Waals surface area contributed by atoms with E-state index >= 15 is 0 Å². The highest BCUT2D eigenvalue weighted by atomic mass is 16.4. The summed E-state index contributed by atoms with van der Waals surface area (Å²) >= 11 is 0. The largest absolute Gasteiger partial charge is 0.481 e. The maximum absolute atomic E-state index is 12.0. The molecule has 142 valence electrons. The first-order valence-electron chi connectivity index (χ1n) is 9.18. The van der Waals surface area contributed by atoms with Crippen LogP contribution in [0.15, 0.2) is 24.3 Å². The SMILES string of the molecule is O=C(O)Cc1cccc(NC(=O)CCCNC(=O)NC2CCCCC2)c1. The molecule has 0 aliphatic heterocycles. The van der Waals surface area contributed by atoms with E-state index in [1.807, 2.05) is 0 Å². The van der Waals surface area contributed by atoms with Gasteiger partial charge in [0.15, 0.2) is 0 Å². The Bertz CT molecular complexity index is 627. The third-order valence-corrected chi connectivity index (χ3v) is 4.37. The monoisotopic (exact) mass is 361 g/mol. The van der Waals surface area contributed by atoms with Crippen LogP contribution in [0.3, 0.4) is 0 Å².